The number of rotatable bonds is 0. The molecule has 5 nitrogen and oxygen atoms in total. The molecule has 0 spiro atoms. The number of hydrogen-bond acceptors (Lipinski definition) is 5. The maximum Gasteiger partial charge on any atom is 0.336 e. The summed E-state index contributed by atoms with van der Waals surface area (Å²) >= 11 is 0. The quantitative estimate of drug-likeness (QED) is 0.734. The molecule has 0 saturated carbocycles. The molecule has 5 heteroatoms. The van der Waals surface area contributed by atoms with Gasteiger partial charge in [-0.05, 0) is 19.4 Å². The molecular weight excluding hydrogens is 248 g/mol. The normalized spacial score (nSPS) is 18.2. The predicted molar refractivity (Wildman–Crippen MR) is 67.9 cm³/mol. The molecule has 1 aromatic heterocycles. The Hall–Kier alpha value is -2.30. The molecule has 2 heterocycles. The van der Waals surface area contributed by atoms with Crippen LogP contribution in [0.2, 0.25) is 0 Å². The fraction of sp³-hybridized carbons (Fsp3) is 0.286. The lowest BCUT2D eigenvalue weighted by atomic mass is 9.97. The number of carbonyl (C=O) groups is 1. The van der Waals surface area contributed by atoms with Crippen molar-refractivity contribution in [3.8, 4) is 11.5 Å². The van der Waals surface area contributed by atoms with Gasteiger partial charge < -0.3 is 14.3 Å². The van der Waals surface area contributed by atoms with Gasteiger partial charge in [-0.2, -0.15) is 0 Å². The van der Waals surface area contributed by atoms with Crippen LogP contribution in [0.15, 0.2) is 21.3 Å². The van der Waals surface area contributed by atoms with Crippen LogP contribution in [0.25, 0.3) is 11.0 Å². The van der Waals surface area contributed by atoms with Gasteiger partial charge in [-0.25, -0.2) is 4.79 Å². The number of benzene rings is 1. The van der Waals surface area contributed by atoms with E-state index in [1.165, 1.54) is 12.1 Å². The van der Waals surface area contributed by atoms with Gasteiger partial charge in [0, 0.05) is 18.6 Å². The second-order valence-electron chi connectivity index (χ2n) is 4.78. The summed E-state index contributed by atoms with van der Waals surface area (Å²) in [5.74, 6) is 0.0619. The number of Topliss-reactive ketones (excluding diaryl/α,β-unsaturated/α-hetero) is 1. The molecule has 1 aliphatic rings. The van der Waals surface area contributed by atoms with Crippen molar-refractivity contribution in [2.24, 2.45) is 0 Å². The van der Waals surface area contributed by atoms with Gasteiger partial charge in [0.05, 0.1) is 5.39 Å². The van der Waals surface area contributed by atoms with Crippen molar-refractivity contribution in [1.82, 2.24) is 0 Å². The van der Waals surface area contributed by atoms with E-state index in [1.807, 2.05) is 0 Å². The number of ether oxygens (including phenoxy) is 1. The number of fused-ring (bicyclic) bond motifs is 3. The van der Waals surface area contributed by atoms with E-state index in [2.05, 4.69) is 0 Å². The zero-order valence-corrected chi connectivity index (χ0v) is 10.5. The predicted octanol–water partition coefficient (Wildman–Crippen LogP) is 2.16. The Morgan fingerprint density at radius 2 is 2.05 bits per heavy atom. The maximum atomic E-state index is 12.1. The van der Waals surface area contributed by atoms with E-state index in [0.717, 1.165) is 0 Å². The number of aryl methyl sites for hydroxylation is 1. The van der Waals surface area contributed by atoms with Gasteiger partial charge >= 0.3 is 5.63 Å². The summed E-state index contributed by atoms with van der Waals surface area (Å²) in [5.41, 5.74) is 0.366. The lowest BCUT2D eigenvalue weighted by molar-refractivity contribution is 0.0871. The monoisotopic (exact) mass is 260 g/mol. The molecule has 19 heavy (non-hydrogen) atoms. The van der Waals surface area contributed by atoms with Gasteiger partial charge in [0.15, 0.2) is 11.4 Å². The fourth-order valence-electron chi connectivity index (χ4n) is 2.46. The highest BCUT2D eigenvalue weighted by molar-refractivity contribution is 6.11. The molecular formula is C14H12O5. The van der Waals surface area contributed by atoms with E-state index in [-0.39, 0.29) is 41.0 Å². The van der Waals surface area contributed by atoms with Crippen LogP contribution in [0, 0.1) is 6.92 Å². The van der Waals surface area contributed by atoms with E-state index in [0.29, 0.717) is 10.9 Å². The Bertz CT molecular complexity index is 757. The minimum Gasteiger partial charge on any atom is -0.507 e. The fourth-order valence-corrected chi connectivity index (χ4v) is 2.46. The summed E-state index contributed by atoms with van der Waals surface area (Å²) in [7, 11) is 0. The Labute approximate surface area is 108 Å². The first kappa shape index (κ1) is 11.8. The number of phenols is 1. The molecule has 0 amide bonds. The smallest absolute Gasteiger partial charge is 0.336 e. The largest absolute Gasteiger partial charge is 0.507 e. The summed E-state index contributed by atoms with van der Waals surface area (Å²) in [6.45, 7) is 3.46. The van der Waals surface area contributed by atoms with Gasteiger partial charge in [-0.3, -0.25) is 4.79 Å². The van der Waals surface area contributed by atoms with Crippen molar-refractivity contribution in [2.45, 2.75) is 26.4 Å². The number of aromatic hydroxyl groups is 1. The van der Waals surface area contributed by atoms with Crippen molar-refractivity contribution < 1.29 is 19.1 Å². The summed E-state index contributed by atoms with van der Waals surface area (Å²) in [4.78, 5) is 23.6. The van der Waals surface area contributed by atoms with Crippen LogP contribution in [0.5, 0.6) is 11.5 Å². The SMILES string of the molecule is Cc1cc(=O)oc2c3c(cc(O)c12)OC(C)CC3=O. The second-order valence-corrected chi connectivity index (χ2v) is 4.78. The lowest BCUT2D eigenvalue weighted by Crippen LogP contribution is -2.24. The Morgan fingerprint density at radius 3 is 2.79 bits per heavy atom. The van der Waals surface area contributed by atoms with E-state index in [1.54, 1.807) is 13.8 Å². The van der Waals surface area contributed by atoms with Crippen LogP contribution < -0.4 is 10.4 Å². The highest BCUT2D eigenvalue weighted by atomic mass is 16.5. The number of carbonyl (C=O) groups excluding carboxylic acids is 1. The first-order valence-electron chi connectivity index (χ1n) is 5.97. The van der Waals surface area contributed by atoms with Crippen molar-refractivity contribution in [3.63, 3.8) is 0 Å². The van der Waals surface area contributed by atoms with E-state index >= 15 is 0 Å². The molecule has 1 aromatic carbocycles. The first-order chi connectivity index (χ1) is 8.97. The van der Waals surface area contributed by atoms with E-state index in [4.69, 9.17) is 9.15 Å². The lowest BCUT2D eigenvalue weighted by Gasteiger charge is -2.23. The van der Waals surface area contributed by atoms with Crippen molar-refractivity contribution in [3.05, 3.63) is 33.7 Å². The zero-order valence-electron chi connectivity index (χ0n) is 10.5. The number of phenolic OH excluding ortho intramolecular Hbond substituents is 1. The average Bonchev–Trinajstić information content (AvgIpc) is 2.25. The highest BCUT2D eigenvalue weighted by Gasteiger charge is 2.29. The van der Waals surface area contributed by atoms with Crippen LogP contribution >= 0.6 is 0 Å². The van der Waals surface area contributed by atoms with Crippen LogP contribution in [0.1, 0.15) is 29.3 Å². The maximum absolute atomic E-state index is 12.1. The molecule has 1 aliphatic heterocycles. The van der Waals surface area contributed by atoms with Gasteiger partial charge in [-0.1, -0.05) is 0 Å². The van der Waals surface area contributed by atoms with E-state index < -0.39 is 5.63 Å². The standard InChI is InChI=1S/C14H12O5/c1-6-3-11(17)19-14-12(6)9(16)5-10-13(14)8(15)4-7(2)18-10/h3,5,7,16H,4H2,1-2H3. The number of hydrogen-bond donors (Lipinski definition) is 1. The first-order valence-corrected chi connectivity index (χ1v) is 5.97. The molecule has 3 rings (SSSR count). The molecule has 0 saturated heterocycles. The third-order valence-corrected chi connectivity index (χ3v) is 3.24. The molecule has 0 bridgehead atoms. The molecule has 2 aromatic rings. The summed E-state index contributed by atoms with van der Waals surface area (Å²) in [5, 5.41) is 10.4. The topological polar surface area (TPSA) is 76.7 Å². The molecule has 1 unspecified atom stereocenters. The van der Waals surface area contributed by atoms with Crippen LogP contribution in [-0.4, -0.2) is 17.0 Å². The molecule has 0 aliphatic carbocycles. The minimum absolute atomic E-state index is 0.0584. The van der Waals surface area contributed by atoms with Crippen LogP contribution in [-0.2, 0) is 0 Å². The third kappa shape index (κ3) is 1.69. The van der Waals surface area contributed by atoms with Crippen molar-refractivity contribution in [2.75, 3.05) is 0 Å². The van der Waals surface area contributed by atoms with Gasteiger partial charge in [-0.15, -0.1) is 0 Å². The average molecular weight is 260 g/mol. The summed E-state index contributed by atoms with van der Waals surface area (Å²) < 4.78 is 10.6. The minimum atomic E-state index is -0.552. The Morgan fingerprint density at radius 1 is 1.32 bits per heavy atom. The summed E-state index contributed by atoms with van der Waals surface area (Å²) in [6, 6.07) is 2.68. The molecule has 0 radical (unpaired) electrons. The van der Waals surface area contributed by atoms with Gasteiger partial charge in [0.2, 0.25) is 0 Å². The van der Waals surface area contributed by atoms with Gasteiger partial charge in [0.25, 0.3) is 0 Å². The van der Waals surface area contributed by atoms with Gasteiger partial charge in [0.1, 0.15) is 23.2 Å². The van der Waals surface area contributed by atoms with Crippen molar-refractivity contribution in [1.29, 1.82) is 0 Å². The Balaban J connectivity index is 2.48. The molecule has 1 N–H and O–H groups in total. The summed E-state index contributed by atoms with van der Waals surface area (Å²) in [6.07, 6.45) is -0.0294. The number of ketones is 1. The highest BCUT2D eigenvalue weighted by Crippen LogP contribution is 2.39. The van der Waals surface area contributed by atoms with Crippen LogP contribution in [0.4, 0.5) is 0 Å². The molecule has 98 valence electrons. The van der Waals surface area contributed by atoms with Crippen LogP contribution in [0.3, 0.4) is 0 Å². The Kier molecular flexibility index (Phi) is 2.38. The van der Waals surface area contributed by atoms with Crippen molar-refractivity contribution >= 4 is 16.8 Å². The molecule has 1 atom stereocenters. The molecule has 0 fully saturated rings. The second kappa shape index (κ2) is 3.85. The third-order valence-electron chi connectivity index (χ3n) is 3.24. The zero-order chi connectivity index (χ0) is 13.7. The van der Waals surface area contributed by atoms with E-state index in [9.17, 15) is 14.7 Å².